The smallest absolute Gasteiger partial charge is 0.189 e. The summed E-state index contributed by atoms with van der Waals surface area (Å²) in [5, 5.41) is 14.7. The lowest BCUT2D eigenvalue weighted by molar-refractivity contribution is 0.456. The monoisotopic (exact) mass is 327 g/mol. The van der Waals surface area contributed by atoms with Crippen molar-refractivity contribution in [2.24, 2.45) is 0 Å². The first kappa shape index (κ1) is 15.7. The third kappa shape index (κ3) is 3.01. The molecule has 0 saturated carbocycles. The number of nitrogens with one attached hydrogen (secondary N) is 1. The highest BCUT2D eigenvalue weighted by molar-refractivity contribution is 7.22. The van der Waals surface area contributed by atoms with Gasteiger partial charge in [-0.3, -0.25) is 0 Å². The number of thiazole rings is 1. The maximum atomic E-state index is 10.7. The zero-order chi connectivity index (χ0) is 16.6. The van der Waals surface area contributed by atoms with Gasteiger partial charge >= 0.3 is 0 Å². The van der Waals surface area contributed by atoms with E-state index in [9.17, 15) is 5.11 Å². The molecule has 0 aliphatic heterocycles. The summed E-state index contributed by atoms with van der Waals surface area (Å²) in [5.74, 6) is 1.67. The lowest BCUT2D eigenvalue weighted by Crippen LogP contribution is -1.96. The number of hydrogen-bond donors (Lipinski definition) is 2. The number of fused-ring (bicyclic) bond motifs is 1. The minimum atomic E-state index is 0.236. The van der Waals surface area contributed by atoms with Crippen molar-refractivity contribution in [1.29, 1.82) is 0 Å². The zero-order valence-electron chi connectivity index (χ0n) is 13.8. The van der Waals surface area contributed by atoms with Crippen LogP contribution in [0.15, 0.2) is 30.5 Å². The summed E-state index contributed by atoms with van der Waals surface area (Å²) in [6, 6.07) is 7.73. The molecule has 4 nitrogen and oxygen atoms in total. The van der Waals surface area contributed by atoms with Crippen LogP contribution in [0.1, 0.15) is 50.7 Å². The number of aromatic hydroxyl groups is 1. The van der Waals surface area contributed by atoms with Gasteiger partial charge in [-0.25, -0.2) is 9.97 Å². The summed E-state index contributed by atoms with van der Waals surface area (Å²) in [4.78, 5) is 8.96. The van der Waals surface area contributed by atoms with E-state index < -0.39 is 0 Å². The van der Waals surface area contributed by atoms with E-state index in [1.165, 1.54) is 0 Å². The Bertz CT molecular complexity index is 825. The van der Waals surface area contributed by atoms with Gasteiger partial charge in [-0.1, -0.05) is 45.1 Å². The number of nitrogens with zero attached hydrogens (tertiary/aromatic N) is 2. The van der Waals surface area contributed by atoms with Crippen molar-refractivity contribution in [2.45, 2.75) is 39.5 Å². The molecular formula is C18H21N3OS. The fourth-order valence-corrected chi connectivity index (χ4v) is 3.82. The van der Waals surface area contributed by atoms with Gasteiger partial charge in [-0.05, 0) is 35.6 Å². The molecule has 0 fully saturated rings. The summed E-state index contributed by atoms with van der Waals surface area (Å²) in [5.41, 5.74) is 2.87. The summed E-state index contributed by atoms with van der Waals surface area (Å²) in [7, 11) is 0. The fraction of sp³-hybridized carbons (Fsp3) is 0.333. The molecule has 23 heavy (non-hydrogen) atoms. The van der Waals surface area contributed by atoms with Gasteiger partial charge in [-0.2, -0.15) is 0 Å². The van der Waals surface area contributed by atoms with Crippen LogP contribution in [0.3, 0.4) is 0 Å². The van der Waals surface area contributed by atoms with E-state index in [4.69, 9.17) is 4.98 Å². The molecule has 5 heteroatoms. The van der Waals surface area contributed by atoms with Crippen LogP contribution in [0.25, 0.3) is 10.2 Å². The Morgan fingerprint density at radius 1 is 1.13 bits per heavy atom. The van der Waals surface area contributed by atoms with Gasteiger partial charge in [0, 0.05) is 11.8 Å². The second kappa shape index (κ2) is 6.16. The van der Waals surface area contributed by atoms with Crippen molar-refractivity contribution in [1.82, 2.24) is 9.97 Å². The summed E-state index contributed by atoms with van der Waals surface area (Å²) in [6.45, 7) is 8.38. The molecule has 2 aromatic heterocycles. The number of phenolic OH excluding ortho intramolecular Hbond substituents is 1. The summed E-state index contributed by atoms with van der Waals surface area (Å²) < 4.78 is 1.04. The van der Waals surface area contributed by atoms with Gasteiger partial charge < -0.3 is 10.4 Å². The molecule has 1 aromatic carbocycles. The van der Waals surface area contributed by atoms with Crippen LogP contribution in [0.2, 0.25) is 0 Å². The van der Waals surface area contributed by atoms with E-state index in [2.05, 4.69) is 38.0 Å². The predicted octanol–water partition coefficient (Wildman–Crippen LogP) is 5.39. The van der Waals surface area contributed by atoms with E-state index in [0.717, 1.165) is 32.3 Å². The molecule has 3 aromatic rings. The number of phenols is 1. The van der Waals surface area contributed by atoms with Gasteiger partial charge in [0.1, 0.15) is 11.6 Å². The fourth-order valence-electron chi connectivity index (χ4n) is 2.68. The summed E-state index contributed by atoms with van der Waals surface area (Å²) >= 11 is 1.56. The topological polar surface area (TPSA) is 58.0 Å². The van der Waals surface area contributed by atoms with Gasteiger partial charge in [0.15, 0.2) is 5.13 Å². The van der Waals surface area contributed by atoms with Crippen LogP contribution in [-0.2, 0) is 0 Å². The predicted molar refractivity (Wildman–Crippen MR) is 97.0 cm³/mol. The largest absolute Gasteiger partial charge is 0.507 e. The van der Waals surface area contributed by atoms with Crippen molar-refractivity contribution in [3.05, 3.63) is 41.6 Å². The zero-order valence-corrected chi connectivity index (χ0v) is 14.6. The maximum Gasteiger partial charge on any atom is 0.189 e. The molecule has 0 amide bonds. The number of anilines is 2. The van der Waals surface area contributed by atoms with Gasteiger partial charge in [0.05, 0.1) is 10.2 Å². The van der Waals surface area contributed by atoms with Crippen LogP contribution in [0.4, 0.5) is 10.9 Å². The van der Waals surface area contributed by atoms with Crippen molar-refractivity contribution < 1.29 is 5.11 Å². The SMILES string of the molecule is CC(C)c1cc2nc(Nc3ccccn3)sc2c(C(C)C)c1O. The normalized spacial score (nSPS) is 11.6. The Balaban J connectivity index is 2.13. The highest BCUT2D eigenvalue weighted by Gasteiger charge is 2.20. The van der Waals surface area contributed by atoms with Crippen LogP contribution in [0.5, 0.6) is 5.75 Å². The molecule has 0 unspecified atom stereocenters. The number of rotatable bonds is 4. The third-order valence-corrected chi connectivity index (χ3v) is 4.84. The van der Waals surface area contributed by atoms with E-state index in [-0.39, 0.29) is 11.8 Å². The van der Waals surface area contributed by atoms with Crippen LogP contribution in [-0.4, -0.2) is 15.1 Å². The second-order valence-corrected chi connectivity index (χ2v) is 7.24. The Labute approximate surface area is 140 Å². The van der Waals surface area contributed by atoms with Crippen LogP contribution in [0, 0.1) is 0 Å². The second-order valence-electron chi connectivity index (χ2n) is 6.24. The number of hydrogen-bond acceptors (Lipinski definition) is 5. The van der Waals surface area contributed by atoms with Crippen molar-refractivity contribution in [3.8, 4) is 5.75 Å². The molecule has 0 spiro atoms. The highest BCUT2D eigenvalue weighted by Crippen LogP contribution is 2.42. The number of aromatic nitrogens is 2. The molecule has 0 atom stereocenters. The Kier molecular flexibility index (Phi) is 4.22. The standard InChI is InChI=1S/C18H21N3OS/c1-10(2)12-9-13-17(15(11(3)4)16(12)22)23-18(20-13)21-14-7-5-6-8-19-14/h5-11,22H,1-4H3,(H,19,20,21). The Morgan fingerprint density at radius 3 is 2.52 bits per heavy atom. The summed E-state index contributed by atoms with van der Waals surface area (Å²) in [6.07, 6.45) is 1.75. The van der Waals surface area contributed by atoms with Gasteiger partial charge in [0.2, 0.25) is 0 Å². The quantitative estimate of drug-likeness (QED) is 0.675. The molecular weight excluding hydrogens is 306 g/mol. The first-order valence-corrected chi connectivity index (χ1v) is 8.63. The Hall–Kier alpha value is -2.14. The molecule has 3 rings (SSSR count). The van der Waals surface area contributed by atoms with Crippen molar-refractivity contribution >= 4 is 32.5 Å². The highest BCUT2D eigenvalue weighted by atomic mass is 32.1. The molecule has 0 saturated heterocycles. The minimum absolute atomic E-state index is 0.236. The number of benzene rings is 1. The molecule has 0 bridgehead atoms. The average molecular weight is 327 g/mol. The van der Waals surface area contributed by atoms with E-state index >= 15 is 0 Å². The minimum Gasteiger partial charge on any atom is -0.507 e. The lowest BCUT2D eigenvalue weighted by atomic mass is 9.93. The van der Waals surface area contributed by atoms with Gasteiger partial charge in [-0.15, -0.1) is 0 Å². The first-order chi connectivity index (χ1) is 11.0. The van der Waals surface area contributed by atoms with E-state index in [1.54, 1.807) is 17.5 Å². The third-order valence-electron chi connectivity index (χ3n) is 3.82. The Morgan fingerprint density at radius 2 is 1.91 bits per heavy atom. The van der Waals surface area contributed by atoms with Crippen molar-refractivity contribution in [2.75, 3.05) is 5.32 Å². The van der Waals surface area contributed by atoms with Crippen LogP contribution >= 0.6 is 11.3 Å². The van der Waals surface area contributed by atoms with Crippen LogP contribution < -0.4 is 5.32 Å². The van der Waals surface area contributed by atoms with E-state index in [0.29, 0.717) is 5.75 Å². The molecule has 0 aliphatic carbocycles. The van der Waals surface area contributed by atoms with E-state index in [1.807, 2.05) is 24.3 Å². The molecule has 2 heterocycles. The number of pyridine rings is 1. The first-order valence-electron chi connectivity index (χ1n) is 7.81. The van der Waals surface area contributed by atoms with Gasteiger partial charge in [0.25, 0.3) is 0 Å². The average Bonchev–Trinajstić information content (AvgIpc) is 2.88. The molecule has 0 aliphatic rings. The maximum absolute atomic E-state index is 10.7. The van der Waals surface area contributed by atoms with Crippen molar-refractivity contribution in [3.63, 3.8) is 0 Å². The molecule has 2 N–H and O–H groups in total. The molecule has 120 valence electrons. The molecule has 0 radical (unpaired) electrons. The lowest BCUT2D eigenvalue weighted by Gasteiger charge is -2.15.